The standard InChI is InChI=1S/C25H24OS/c1-3-17-14-21-5-4-6-22(23(21)15-17)20-10-7-18(8-11-20)13-19-9-12-24(26-2)25(27)16-19/h4-12,15-16,27H,3,13-14H2,1-2H3. The van der Waals surface area contributed by atoms with Gasteiger partial charge >= 0.3 is 0 Å². The molecule has 27 heavy (non-hydrogen) atoms. The number of methoxy groups -OCH3 is 1. The normalized spacial score (nSPS) is 12.6. The molecule has 0 spiro atoms. The monoisotopic (exact) mass is 372 g/mol. The van der Waals surface area contributed by atoms with Crippen LogP contribution in [0.15, 0.2) is 71.1 Å². The Kier molecular flexibility index (Phi) is 5.09. The lowest BCUT2D eigenvalue weighted by Gasteiger charge is -2.10. The maximum absolute atomic E-state index is 5.29. The molecule has 0 bridgehead atoms. The van der Waals surface area contributed by atoms with Crippen molar-refractivity contribution in [1.82, 2.24) is 0 Å². The molecule has 0 atom stereocenters. The number of thiol groups is 1. The van der Waals surface area contributed by atoms with E-state index in [9.17, 15) is 0 Å². The minimum Gasteiger partial charge on any atom is -0.496 e. The SMILES string of the molecule is CCC1=Cc2c(cccc2-c2ccc(Cc3ccc(OC)c(S)c3)cc2)C1. The third kappa shape index (κ3) is 3.68. The number of benzene rings is 3. The van der Waals surface area contributed by atoms with Crippen molar-refractivity contribution < 1.29 is 4.74 Å². The summed E-state index contributed by atoms with van der Waals surface area (Å²) in [5.41, 5.74) is 9.54. The van der Waals surface area contributed by atoms with Crippen molar-refractivity contribution in [2.45, 2.75) is 31.1 Å². The summed E-state index contributed by atoms with van der Waals surface area (Å²) in [5, 5.41) is 0. The van der Waals surface area contributed by atoms with Crippen LogP contribution in [-0.2, 0) is 12.8 Å². The van der Waals surface area contributed by atoms with Crippen LogP contribution in [0.1, 0.15) is 35.6 Å². The molecule has 2 heteroatoms. The van der Waals surface area contributed by atoms with E-state index in [-0.39, 0.29) is 0 Å². The Labute approximate surface area is 167 Å². The van der Waals surface area contributed by atoms with Crippen molar-refractivity contribution in [3.05, 3.63) is 88.5 Å². The van der Waals surface area contributed by atoms with Crippen LogP contribution in [0.3, 0.4) is 0 Å². The third-order valence-electron chi connectivity index (χ3n) is 5.33. The van der Waals surface area contributed by atoms with Gasteiger partial charge in [-0.25, -0.2) is 0 Å². The second-order valence-electron chi connectivity index (χ2n) is 7.09. The molecule has 3 aromatic rings. The van der Waals surface area contributed by atoms with E-state index in [4.69, 9.17) is 4.74 Å². The maximum atomic E-state index is 5.29. The fraction of sp³-hybridized carbons (Fsp3) is 0.200. The fourth-order valence-electron chi connectivity index (χ4n) is 3.80. The Morgan fingerprint density at radius 3 is 2.44 bits per heavy atom. The molecule has 0 fully saturated rings. The van der Waals surface area contributed by atoms with Gasteiger partial charge in [0.15, 0.2) is 0 Å². The molecule has 0 heterocycles. The number of hydrogen-bond donors (Lipinski definition) is 1. The number of allylic oxidation sites excluding steroid dienone is 1. The molecule has 0 saturated carbocycles. The summed E-state index contributed by atoms with van der Waals surface area (Å²) in [5.74, 6) is 0.815. The van der Waals surface area contributed by atoms with Crippen LogP contribution in [0.2, 0.25) is 0 Å². The highest BCUT2D eigenvalue weighted by Gasteiger charge is 2.15. The van der Waals surface area contributed by atoms with Crippen molar-refractivity contribution in [2.24, 2.45) is 0 Å². The summed E-state index contributed by atoms with van der Waals surface area (Å²) in [4.78, 5) is 0.880. The molecule has 1 aliphatic rings. The van der Waals surface area contributed by atoms with E-state index in [2.05, 4.69) is 80.2 Å². The molecule has 0 amide bonds. The van der Waals surface area contributed by atoms with Crippen LogP contribution in [-0.4, -0.2) is 7.11 Å². The second kappa shape index (κ2) is 7.66. The smallest absolute Gasteiger partial charge is 0.132 e. The van der Waals surface area contributed by atoms with Gasteiger partial charge in [-0.15, -0.1) is 12.6 Å². The molecule has 0 N–H and O–H groups in total. The van der Waals surface area contributed by atoms with Crippen molar-refractivity contribution in [3.63, 3.8) is 0 Å². The first-order chi connectivity index (χ1) is 13.2. The van der Waals surface area contributed by atoms with Gasteiger partial charge < -0.3 is 4.74 Å². The maximum Gasteiger partial charge on any atom is 0.132 e. The molecular formula is C25H24OS. The zero-order valence-electron chi connectivity index (χ0n) is 15.8. The summed E-state index contributed by atoms with van der Waals surface area (Å²) < 4.78 is 5.29. The van der Waals surface area contributed by atoms with E-state index < -0.39 is 0 Å². The lowest BCUT2D eigenvalue weighted by Crippen LogP contribution is -1.92. The molecule has 4 rings (SSSR count). The molecule has 0 aromatic heterocycles. The first-order valence-corrected chi connectivity index (χ1v) is 9.89. The summed E-state index contributed by atoms with van der Waals surface area (Å²) in [7, 11) is 1.67. The van der Waals surface area contributed by atoms with Crippen molar-refractivity contribution in [1.29, 1.82) is 0 Å². The molecule has 0 unspecified atom stereocenters. The highest BCUT2D eigenvalue weighted by Crippen LogP contribution is 2.35. The minimum absolute atomic E-state index is 0.815. The number of ether oxygens (including phenoxy) is 1. The van der Waals surface area contributed by atoms with Crippen molar-refractivity contribution >= 4 is 18.7 Å². The highest BCUT2D eigenvalue weighted by atomic mass is 32.1. The molecule has 0 saturated heterocycles. The molecule has 136 valence electrons. The Morgan fingerprint density at radius 1 is 0.963 bits per heavy atom. The number of hydrogen-bond acceptors (Lipinski definition) is 2. The first-order valence-electron chi connectivity index (χ1n) is 9.44. The minimum atomic E-state index is 0.815. The predicted octanol–water partition coefficient (Wildman–Crippen LogP) is 6.59. The van der Waals surface area contributed by atoms with E-state index in [1.807, 2.05) is 6.07 Å². The lowest BCUT2D eigenvalue weighted by atomic mass is 9.95. The van der Waals surface area contributed by atoms with Gasteiger partial charge in [-0.1, -0.05) is 67.1 Å². The topological polar surface area (TPSA) is 9.23 Å². The average Bonchev–Trinajstić information content (AvgIpc) is 3.12. The highest BCUT2D eigenvalue weighted by molar-refractivity contribution is 7.80. The van der Waals surface area contributed by atoms with Gasteiger partial charge in [0.1, 0.15) is 5.75 Å². The first kappa shape index (κ1) is 17.9. The van der Waals surface area contributed by atoms with Crippen LogP contribution in [0.4, 0.5) is 0 Å². The Bertz CT molecular complexity index is 999. The van der Waals surface area contributed by atoms with E-state index in [1.54, 1.807) is 7.11 Å². The molecule has 1 nitrogen and oxygen atoms in total. The summed E-state index contributed by atoms with van der Waals surface area (Å²) in [6, 6.07) is 21.8. The molecule has 0 aliphatic heterocycles. The molecule has 3 aromatic carbocycles. The fourth-order valence-corrected chi connectivity index (χ4v) is 4.13. The van der Waals surface area contributed by atoms with Gasteiger partial charge in [-0.3, -0.25) is 0 Å². The van der Waals surface area contributed by atoms with Crippen LogP contribution in [0.5, 0.6) is 5.75 Å². The Morgan fingerprint density at radius 2 is 1.74 bits per heavy atom. The van der Waals surface area contributed by atoms with Crippen molar-refractivity contribution in [2.75, 3.05) is 7.11 Å². The zero-order chi connectivity index (χ0) is 18.8. The summed E-state index contributed by atoms with van der Waals surface area (Å²) in [6.07, 6.45) is 5.50. The number of fused-ring (bicyclic) bond motifs is 1. The molecular weight excluding hydrogens is 348 g/mol. The van der Waals surface area contributed by atoms with E-state index in [0.717, 1.165) is 29.9 Å². The molecule has 0 radical (unpaired) electrons. The van der Waals surface area contributed by atoms with E-state index in [0.29, 0.717) is 0 Å². The average molecular weight is 373 g/mol. The van der Waals surface area contributed by atoms with E-state index >= 15 is 0 Å². The summed E-state index contributed by atoms with van der Waals surface area (Å²) >= 11 is 4.50. The van der Waals surface area contributed by atoms with Gasteiger partial charge in [0.2, 0.25) is 0 Å². The molecule has 1 aliphatic carbocycles. The van der Waals surface area contributed by atoms with Gasteiger partial charge in [0, 0.05) is 4.90 Å². The van der Waals surface area contributed by atoms with Crippen LogP contribution in [0, 0.1) is 0 Å². The predicted molar refractivity (Wildman–Crippen MR) is 117 cm³/mol. The number of rotatable bonds is 5. The van der Waals surface area contributed by atoms with Gasteiger partial charge in [-0.2, -0.15) is 0 Å². The van der Waals surface area contributed by atoms with Gasteiger partial charge in [0.05, 0.1) is 7.11 Å². The Hall–Kier alpha value is -2.45. The van der Waals surface area contributed by atoms with Gasteiger partial charge in [-0.05, 0) is 64.8 Å². The largest absolute Gasteiger partial charge is 0.496 e. The van der Waals surface area contributed by atoms with Gasteiger partial charge in [0.25, 0.3) is 0 Å². The van der Waals surface area contributed by atoms with E-state index in [1.165, 1.54) is 39.0 Å². The third-order valence-corrected chi connectivity index (χ3v) is 5.68. The van der Waals surface area contributed by atoms with Crippen LogP contribution < -0.4 is 4.74 Å². The van der Waals surface area contributed by atoms with Crippen LogP contribution >= 0.6 is 12.6 Å². The van der Waals surface area contributed by atoms with Crippen LogP contribution in [0.25, 0.3) is 17.2 Å². The second-order valence-corrected chi connectivity index (χ2v) is 7.57. The Balaban J connectivity index is 1.58. The quantitative estimate of drug-likeness (QED) is 0.497. The zero-order valence-corrected chi connectivity index (χ0v) is 16.7. The van der Waals surface area contributed by atoms with Crippen molar-refractivity contribution in [3.8, 4) is 16.9 Å². The lowest BCUT2D eigenvalue weighted by molar-refractivity contribution is 0.405. The summed E-state index contributed by atoms with van der Waals surface area (Å²) in [6.45, 7) is 2.24.